The monoisotopic (exact) mass is 161 g/mol. The molecule has 4 nitrogen and oxygen atoms in total. The minimum absolute atomic E-state index is 0.0969. The molecule has 0 unspecified atom stereocenters. The maximum absolute atomic E-state index is 11.8. The van der Waals surface area contributed by atoms with Crippen LogP contribution in [-0.2, 0) is 7.05 Å². The molecule has 6 heteroatoms. The van der Waals surface area contributed by atoms with Gasteiger partial charge in [-0.25, -0.2) is 18.4 Å². The average molecular weight is 161 g/mol. The summed E-state index contributed by atoms with van der Waals surface area (Å²) in [6, 6.07) is 0. The highest BCUT2D eigenvalue weighted by molar-refractivity contribution is 5.68. The van der Waals surface area contributed by atoms with Crippen LogP contribution in [0.5, 0.6) is 0 Å². The number of carbonyl (C=O) groups is 1. The summed E-state index contributed by atoms with van der Waals surface area (Å²) < 4.78 is 24.7. The molecule has 0 saturated heterocycles. The molecule has 0 saturated carbocycles. The quantitative estimate of drug-likeness (QED) is 0.595. The van der Waals surface area contributed by atoms with E-state index in [0.29, 0.717) is 6.29 Å². The lowest BCUT2D eigenvalue weighted by molar-refractivity contribution is 0.111. The Morgan fingerprint density at radius 3 is 2.55 bits per heavy atom. The van der Waals surface area contributed by atoms with E-state index < -0.39 is 12.2 Å². The van der Waals surface area contributed by atoms with Crippen molar-refractivity contribution in [3.63, 3.8) is 0 Å². The Kier molecular flexibility index (Phi) is 1.93. The molecule has 0 spiro atoms. The van der Waals surface area contributed by atoms with E-state index >= 15 is 0 Å². The highest BCUT2D eigenvalue weighted by Gasteiger charge is 2.14. The predicted molar refractivity (Wildman–Crippen MR) is 31.3 cm³/mol. The molecular weight excluding hydrogens is 156 g/mol. The van der Waals surface area contributed by atoms with Gasteiger partial charge in [0.15, 0.2) is 12.1 Å². The van der Waals surface area contributed by atoms with Gasteiger partial charge in [-0.15, -0.1) is 5.10 Å². The molecule has 60 valence electrons. The van der Waals surface area contributed by atoms with Crippen molar-refractivity contribution < 1.29 is 13.6 Å². The van der Waals surface area contributed by atoms with Gasteiger partial charge in [-0.1, -0.05) is 0 Å². The molecule has 0 N–H and O–H groups in total. The van der Waals surface area contributed by atoms with Gasteiger partial charge in [0.2, 0.25) is 5.82 Å². The number of hydrogen-bond acceptors (Lipinski definition) is 3. The standard InChI is InChI=1S/C5H5F2N3O/c1-10-3(2-11)8-5(9-10)4(6)7/h2,4H,1H3. The largest absolute Gasteiger partial charge is 0.299 e. The first-order valence-corrected chi connectivity index (χ1v) is 2.79. The van der Waals surface area contributed by atoms with Crippen LogP contribution < -0.4 is 0 Å². The lowest BCUT2D eigenvalue weighted by Gasteiger charge is -1.86. The molecule has 0 fully saturated rings. The summed E-state index contributed by atoms with van der Waals surface area (Å²) in [5, 5.41) is 3.31. The summed E-state index contributed by atoms with van der Waals surface area (Å²) in [5.41, 5.74) is 0. The Balaban J connectivity index is 3.04. The third kappa shape index (κ3) is 1.39. The smallest absolute Gasteiger partial charge is 0.294 e. The Morgan fingerprint density at radius 1 is 1.64 bits per heavy atom. The van der Waals surface area contributed by atoms with Crippen molar-refractivity contribution in [3.05, 3.63) is 11.6 Å². The van der Waals surface area contributed by atoms with Gasteiger partial charge < -0.3 is 0 Å². The Hall–Kier alpha value is -1.33. The fourth-order valence-electron chi connectivity index (χ4n) is 0.612. The van der Waals surface area contributed by atoms with Crippen molar-refractivity contribution in [3.8, 4) is 0 Å². The molecule has 0 aliphatic heterocycles. The molecule has 0 aliphatic rings. The van der Waals surface area contributed by atoms with Crippen LogP contribution in [0.1, 0.15) is 22.9 Å². The summed E-state index contributed by atoms with van der Waals surface area (Å²) in [5.74, 6) is -0.713. The molecule has 0 radical (unpaired) electrons. The van der Waals surface area contributed by atoms with Crippen molar-refractivity contribution in [1.82, 2.24) is 14.8 Å². The van der Waals surface area contributed by atoms with E-state index in [9.17, 15) is 13.6 Å². The molecule has 0 bridgehead atoms. The molecule has 0 atom stereocenters. The molecule has 1 aromatic heterocycles. The van der Waals surface area contributed by atoms with E-state index in [0.717, 1.165) is 4.68 Å². The van der Waals surface area contributed by atoms with Gasteiger partial charge >= 0.3 is 0 Å². The SMILES string of the molecule is Cn1nc(C(F)F)nc1C=O. The maximum atomic E-state index is 11.8. The predicted octanol–water partition coefficient (Wildman–Crippen LogP) is 0.565. The second-order valence-corrected chi connectivity index (χ2v) is 1.87. The second kappa shape index (κ2) is 2.73. The zero-order chi connectivity index (χ0) is 8.43. The van der Waals surface area contributed by atoms with Gasteiger partial charge in [-0.3, -0.25) is 4.79 Å². The highest BCUT2D eigenvalue weighted by atomic mass is 19.3. The fraction of sp³-hybridized carbons (Fsp3) is 0.400. The van der Waals surface area contributed by atoms with Crippen molar-refractivity contribution in [2.24, 2.45) is 7.05 Å². The van der Waals surface area contributed by atoms with Gasteiger partial charge in [-0.2, -0.15) is 0 Å². The van der Waals surface area contributed by atoms with Gasteiger partial charge in [0.05, 0.1) is 0 Å². The number of nitrogens with zero attached hydrogens (tertiary/aromatic N) is 3. The number of rotatable bonds is 2. The van der Waals surface area contributed by atoms with Crippen LogP contribution >= 0.6 is 0 Å². The maximum Gasteiger partial charge on any atom is 0.299 e. The minimum atomic E-state index is -2.73. The van der Waals surface area contributed by atoms with E-state index in [1.807, 2.05) is 0 Å². The highest BCUT2D eigenvalue weighted by Crippen LogP contribution is 2.13. The first kappa shape index (κ1) is 7.77. The number of aryl methyl sites for hydroxylation is 1. The van der Waals surface area contributed by atoms with E-state index in [-0.39, 0.29) is 5.82 Å². The summed E-state index contributed by atoms with van der Waals surface area (Å²) in [6.45, 7) is 0. The molecule has 0 amide bonds. The number of carbonyl (C=O) groups excluding carboxylic acids is 1. The van der Waals surface area contributed by atoms with Crippen LogP contribution in [0.15, 0.2) is 0 Å². The van der Waals surface area contributed by atoms with Crippen LogP contribution in [0, 0.1) is 0 Å². The topological polar surface area (TPSA) is 47.8 Å². The second-order valence-electron chi connectivity index (χ2n) is 1.87. The number of halogens is 2. The van der Waals surface area contributed by atoms with Crippen molar-refractivity contribution >= 4 is 6.29 Å². The molecular formula is C5H5F2N3O. The summed E-state index contributed by atoms with van der Waals surface area (Å²) in [7, 11) is 1.38. The molecule has 11 heavy (non-hydrogen) atoms. The molecule has 1 rings (SSSR count). The summed E-state index contributed by atoms with van der Waals surface area (Å²) in [4.78, 5) is 13.4. The zero-order valence-electron chi connectivity index (χ0n) is 5.66. The van der Waals surface area contributed by atoms with Crippen LogP contribution in [0.3, 0.4) is 0 Å². The molecule has 1 aromatic rings. The first-order chi connectivity index (χ1) is 5.15. The summed E-state index contributed by atoms with van der Waals surface area (Å²) >= 11 is 0. The molecule has 1 heterocycles. The summed E-state index contributed by atoms with van der Waals surface area (Å²) in [6.07, 6.45) is -2.35. The molecule has 0 aliphatic carbocycles. The Labute approximate surface area is 60.8 Å². The van der Waals surface area contributed by atoms with Crippen molar-refractivity contribution in [1.29, 1.82) is 0 Å². The van der Waals surface area contributed by atoms with Crippen LogP contribution in [0.25, 0.3) is 0 Å². The zero-order valence-corrected chi connectivity index (χ0v) is 5.66. The van der Waals surface area contributed by atoms with Gasteiger partial charge in [-0.05, 0) is 0 Å². The lowest BCUT2D eigenvalue weighted by Crippen LogP contribution is -1.96. The number of alkyl halides is 2. The Bertz CT molecular complexity index is 271. The number of aromatic nitrogens is 3. The van der Waals surface area contributed by atoms with E-state index in [1.54, 1.807) is 0 Å². The van der Waals surface area contributed by atoms with Gasteiger partial charge in [0.25, 0.3) is 6.43 Å². The lowest BCUT2D eigenvalue weighted by atomic mass is 10.6. The van der Waals surface area contributed by atoms with Crippen molar-refractivity contribution in [2.75, 3.05) is 0 Å². The Morgan fingerprint density at radius 2 is 2.27 bits per heavy atom. The van der Waals surface area contributed by atoms with E-state index in [2.05, 4.69) is 10.1 Å². The fourth-order valence-corrected chi connectivity index (χ4v) is 0.612. The van der Waals surface area contributed by atoms with Crippen LogP contribution in [0.4, 0.5) is 8.78 Å². The third-order valence-corrected chi connectivity index (χ3v) is 1.11. The van der Waals surface area contributed by atoms with Gasteiger partial charge in [0, 0.05) is 7.05 Å². The van der Waals surface area contributed by atoms with Gasteiger partial charge in [0.1, 0.15) is 0 Å². The minimum Gasteiger partial charge on any atom is -0.294 e. The van der Waals surface area contributed by atoms with Crippen LogP contribution in [-0.4, -0.2) is 21.1 Å². The number of aldehydes is 1. The van der Waals surface area contributed by atoms with E-state index in [4.69, 9.17) is 0 Å². The van der Waals surface area contributed by atoms with Crippen molar-refractivity contribution in [2.45, 2.75) is 6.43 Å². The third-order valence-electron chi connectivity index (χ3n) is 1.11. The normalized spacial score (nSPS) is 10.5. The number of hydrogen-bond donors (Lipinski definition) is 0. The van der Waals surface area contributed by atoms with Crippen LogP contribution in [0.2, 0.25) is 0 Å². The first-order valence-electron chi connectivity index (χ1n) is 2.79. The van der Waals surface area contributed by atoms with E-state index in [1.165, 1.54) is 7.05 Å². The average Bonchev–Trinajstić information content (AvgIpc) is 2.31. The molecule has 0 aromatic carbocycles.